The van der Waals surface area contributed by atoms with E-state index in [1.807, 2.05) is 42.5 Å². The second-order valence-corrected chi connectivity index (χ2v) is 6.76. The Morgan fingerprint density at radius 1 is 1.04 bits per heavy atom. The molecule has 1 aromatic heterocycles. The molecule has 1 heterocycles. The van der Waals surface area contributed by atoms with Crippen molar-refractivity contribution in [1.82, 2.24) is 4.90 Å². The Labute approximate surface area is 158 Å². The van der Waals surface area contributed by atoms with Crippen molar-refractivity contribution in [2.24, 2.45) is 0 Å². The van der Waals surface area contributed by atoms with Gasteiger partial charge in [0.15, 0.2) is 5.76 Å². The number of likely N-dealkylation sites (N-methyl/N-ethyl adjacent to an activating group) is 1. The summed E-state index contributed by atoms with van der Waals surface area (Å²) in [7, 11) is 4.10. The molecule has 3 rings (SSSR count). The van der Waals surface area contributed by atoms with Gasteiger partial charge in [0.1, 0.15) is 5.76 Å². The number of furan rings is 1. The molecule has 5 heteroatoms. The van der Waals surface area contributed by atoms with Crippen molar-refractivity contribution < 1.29 is 9.21 Å². The average molecular weight is 369 g/mol. The SMILES string of the molecule is CN(C)CCc1ccc(NC(=O)c2ccc(-c3ccccc3Cl)o2)cc1. The van der Waals surface area contributed by atoms with Crippen molar-refractivity contribution >= 4 is 23.2 Å². The molecule has 0 spiro atoms. The highest BCUT2D eigenvalue weighted by molar-refractivity contribution is 6.33. The first-order valence-electron chi connectivity index (χ1n) is 8.42. The van der Waals surface area contributed by atoms with E-state index in [4.69, 9.17) is 16.0 Å². The molecule has 1 amide bonds. The molecule has 0 aliphatic carbocycles. The van der Waals surface area contributed by atoms with Gasteiger partial charge >= 0.3 is 0 Å². The normalized spacial score (nSPS) is 10.9. The molecular weight excluding hydrogens is 348 g/mol. The summed E-state index contributed by atoms with van der Waals surface area (Å²) in [5, 5.41) is 3.44. The Hall–Kier alpha value is -2.56. The smallest absolute Gasteiger partial charge is 0.291 e. The predicted molar refractivity (Wildman–Crippen MR) is 106 cm³/mol. The zero-order valence-corrected chi connectivity index (χ0v) is 15.6. The van der Waals surface area contributed by atoms with E-state index in [2.05, 4.69) is 24.3 Å². The van der Waals surface area contributed by atoms with E-state index in [0.29, 0.717) is 10.8 Å². The number of carbonyl (C=O) groups is 1. The van der Waals surface area contributed by atoms with Gasteiger partial charge in [0.2, 0.25) is 0 Å². The molecule has 134 valence electrons. The van der Waals surface area contributed by atoms with Crippen LogP contribution in [0.2, 0.25) is 5.02 Å². The zero-order chi connectivity index (χ0) is 18.5. The van der Waals surface area contributed by atoms with E-state index >= 15 is 0 Å². The highest BCUT2D eigenvalue weighted by Gasteiger charge is 2.14. The third-order valence-corrected chi connectivity index (χ3v) is 4.36. The molecule has 0 saturated carbocycles. The van der Waals surface area contributed by atoms with Gasteiger partial charge in [-0.3, -0.25) is 4.79 Å². The Balaban J connectivity index is 1.66. The van der Waals surface area contributed by atoms with Crippen LogP contribution >= 0.6 is 11.6 Å². The molecule has 0 fully saturated rings. The molecule has 0 aliphatic heterocycles. The molecular formula is C21H21ClN2O2. The van der Waals surface area contributed by atoms with Crippen LogP contribution in [0.5, 0.6) is 0 Å². The fourth-order valence-corrected chi connectivity index (χ4v) is 2.79. The Morgan fingerprint density at radius 3 is 2.46 bits per heavy atom. The van der Waals surface area contributed by atoms with Gasteiger partial charge in [-0.1, -0.05) is 35.9 Å². The summed E-state index contributed by atoms with van der Waals surface area (Å²) in [6, 6.07) is 18.6. The summed E-state index contributed by atoms with van der Waals surface area (Å²) in [6.07, 6.45) is 0.973. The van der Waals surface area contributed by atoms with Crippen LogP contribution in [0.3, 0.4) is 0 Å². The van der Waals surface area contributed by atoms with Gasteiger partial charge in [-0.2, -0.15) is 0 Å². The van der Waals surface area contributed by atoms with Crippen molar-refractivity contribution in [3.63, 3.8) is 0 Å². The minimum absolute atomic E-state index is 0.247. The Kier molecular flexibility index (Phi) is 5.76. The van der Waals surface area contributed by atoms with E-state index in [0.717, 1.165) is 24.2 Å². The maximum atomic E-state index is 12.4. The standard InChI is InChI=1S/C21H21ClN2O2/c1-24(2)14-13-15-7-9-16(10-8-15)23-21(25)20-12-11-19(26-20)17-5-3-4-6-18(17)22/h3-12H,13-14H2,1-2H3,(H,23,25). The van der Waals surface area contributed by atoms with Crippen molar-refractivity contribution in [3.05, 3.63) is 77.0 Å². The molecule has 0 radical (unpaired) electrons. The highest BCUT2D eigenvalue weighted by atomic mass is 35.5. The largest absolute Gasteiger partial charge is 0.451 e. The van der Waals surface area contributed by atoms with Gasteiger partial charge < -0.3 is 14.6 Å². The van der Waals surface area contributed by atoms with Crippen LogP contribution in [0, 0.1) is 0 Å². The first-order chi connectivity index (χ1) is 12.5. The summed E-state index contributed by atoms with van der Waals surface area (Å²) < 4.78 is 5.67. The highest BCUT2D eigenvalue weighted by Crippen LogP contribution is 2.29. The van der Waals surface area contributed by atoms with E-state index < -0.39 is 0 Å². The summed E-state index contributed by atoms with van der Waals surface area (Å²) in [5.41, 5.74) is 2.73. The number of halogens is 1. The maximum absolute atomic E-state index is 12.4. The van der Waals surface area contributed by atoms with Crippen molar-refractivity contribution in [2.45, 2.75) is 6.42 Å². The lowest BCUT2D eigenvalue weighted by Crippen LogP contribution is -2.15. The molecule has 0 saturated heterocycles. The fraction of sp³-hybridized carbons (Fsp3) is 0.190. The number of hydrogen-bond donors (Lipinski definition) is 1. The predicted octanol–water partition coefficient (Wildman–Crippen LogP) is 4.96. The number of nitrogens with one attached hydrogen (secondary N) is 1. The molecule has 26 heavy (non-hydrogen) atoms. The van der Waals surface area contributed by atoms with Gasteiger partial charge in [-0.15, -0.1) is 0 Å². The summed E-state index contributed by atoms with van der Waals surface area (Å²) in [6.45, 7) is 0.989. The Morgan fingerprint density at radius 2 is 1.77 bits per heavy atom. The number of benzene rings is 2. The summed E-state index contributed by atoms with van der Waals surface area (Å²) in [5.74, 6) is 0.528. The number of nitrogens with zero attached hydrogens (tertiary/aromatic N) is 1. The number of rotatable bonds is 6. The quantitative estimate of drug-likeness (QED) is 0.669. The molecule has 0 aliphatic rings. The number of amides is 1. The van der Waals surface area contributed by atoms with Crippen LogP contribution in [0.4, 0.5) is 5.69 Å². The second-order valence-electron chi connectivity index (χ2n) is 6.35. The van der Waals surface area contributed by atoms with Gasteiger partial charge in [-0.25, -0.2) is 0 Å². The van der Waals surface area contributed by atoms with Crippen molar-refractivity contribution in [2.75, 3.05) is 26.0 Å². The zero-order valence-electron chi connectivity index (χ0n) is 14.8. The van der Waals surface area contributed by atoms with Crippen LogP contribution in [-0.4, -0.2) is 31.4 Å². The topological polar surface area (TPSA) is 45.5 Å². The molecule has 0 unspecified atom stereocenters. The lowest BCUT2D eigenvalue weighted by Gasteiger charge is -2.09. The molecule has 2 aromatic carbocycles. The van der Waals surface area contributed by atoms with Gasteiger partial charge in [0.05, 0.1) is 5.02 Å². The molecule has 0 bridgehead atoms. The van der Waals surface area contributed by atoms with E-state index in [-0.39, 0.29) is 11.7 Å². The van der Waals surface area contributed by atoms with Crippen LogP contribution in [-0.2, 0) is 6.42 Å². The van der Waals surface area contributed by atoms with E-state index in [9.17, 15) is 4.79 Å². The summed E-state index contributed by atoms with van der Waals surface area (Å²) in [4.78, 5) is 14.5. The van der Waals surface area contributed by atoms with Crippen LogP contribution in [0.15, 0.2) is 65.1 Å². The van der Waals surface area contributed by atoms with E-state index in [1.54, 1.807) is 18.2 Å². The average Bonchev–Trinajstić information content (AvgIpc) is 3.11. The monoisotopic (exact) mass is 368 g/mol. The molecule has 3 aromatic rings. The molecule has 4 nitrogen and oxygen atoms in total. The van der Waals surface area contributed by atoms with Crippen molar-refractivity contribution in [1.29, 1.82) is 0 Å². The third kappa shape index (κ3) is 4.54. The van der Waals surface area contributed by atoms with E-state index in [1.165, 1.54) is 5.56 Å². The van der Waals surface area contributed by atoms with Gasteiger partial charge in [0.25, 0.3) is 5.91 Å². The summed E-state index contributed by atoms with van der Waals surface area (Å²) >= 11 is 6.17. The Bertz CT molecular complexity index is 885. The lowest BCUT2D eigenvalue weighted by molar-refractivity contribution is 0.0997. The second kappa shape index (κ2) is 8.21. The van der Waals surface area contributed by atoms with Crippen LogP contribution in [0.1, 0.15) is 16.1 Å². The van der Waals surface area contributed by atoms with Crippen LogP contribution < -0.4 is 5.32 Å². The third-order valence-electron chi connectivity index (χ3n) is 4.03. The fourth-order valence-electron chi connectivity index (χ4n) is 2.57. The lowest BCUT2D eigenvalue weighted by atomic mass is 10.1. The minimum atomic E-state index is -0.288. The molecule has 1 N–H and O–H groups in total. The van der Waals surface area contributed by atoms with Crippen LogP contribution in [0.25, 0.3) is 11.3 Å². The first kappa shape index (κ1) is 18.2. The van der Waals surface area contributed by atoms with Gasteiger partial charge in [-0.05, 0) is 62.5 Å². The minimum Gasteiger partial charge on any atom is -0.451 e. The number of anilines is 1. The van der Waals surface area contributed by atoms with Gasteiger partial charge in [0, 0.05) is 17.8 Å². The number of hydrogen-bond acceptors (Lipinski definition) is 3. The van der Waals surface area contributed by atoms with Crippen molar-refractivity contribution in [3.8, 4) is 11.3 Å². The first-order valence-corrected chi connectivity index (χ1v) is 8.80. The molecule has 0 atom stereocenters. The number of carbonyl (C=O) groups excluding carboxylic acids is 1. The maximum Gasteiger partial charge on any atom is 0.291 e.